The molecule has 1 N–H and O–H groups in total. The Morgan fingerprint density at radius 3 is 2.84 bits per heavy atom. The number of para-hydroxylation sites is 1. The Morgan fingerprint density at radius 2 is 2.16 bits per heavy atom. The van der Waals surface area contributed by atoms with Crippen LogP contribution in [-0.4, -0.2) is 31.3 Å². The van der Waals surface area contributed by atoms with Gasteiger partial charge in [-0.2, -0.15) is 0 Å². The molecular weight excluding hydrogens is 242 g/mol. The van der Waals surface area contributed by atoms with Crippen molar-refractivity contribution in [2.75, 3.05) is 19.0 Å². The Balaban J connectivity index is 1.80. The van der Waals surface area contributed by atoms with E-state index in [1.54, 1.807) is 7.11 Å². The summed E-state index contributed by atoms with van der Waals surface area (Å²) in [5.74, 6) is -0.192. The summed E-state index contributed by atoms with van der Waals surface area (Å²) in [6.07, 6.45) is 1.39. The first-order chi connectivity index (χ1) is 9.02. The van der Waals surface area contributed by atoms with Crippen LogP contribution in [0.2, 0.25) is 0 Å². The van der Waals surface area contributed by atoms with Crippen LogP contribution in [0.3, 0.4) is 0 Å². The van der Waals surface area contributed by atoms with Crippen LogP contribution in [0.4, 0.5) is 5.69 Å². The van der Waals surface area contributed by atoms with Crippen LogP contribution >= 0.6 is 0 Å². The largest absolute Gasteiger partial charge is 0.464 e. The molecule has 0 bridgehead atoms. The van der Waals surface area contributed by atoms with Crippen LogP contribution in [0.15, 0.2) is 24.3 Å². The lowest BCUT2D eigenvalue weighted by atomic mass is 10.1. The summed E-state index contributed by atoms with van der Waals surface area (Å²) >= 11 is 0. The van der Waals surface area contributed by atoms with Crippen molar-refractivity contribution >= 4 is 11.7 Å². The molecule has 0 saturated carbocycles. The monoisotopic (exact) mass is 263 g/mol. The number of carbonyl (C=O) groups excluding carboxylic acids is 1. The number of hydrogen-bond donors (Lipinski definition) is 1. The third kappa shape index (κ3) is 3.47. The van der Waals surface area contributed by atoms with E-state index in [9.17, 15) is 4.79 Å². The summed E-state index contributed by atoms with van der Waals surface area (Å²) in [6.45, 7) is 4.34. The van der Waals surface area contributed by atoms with Gasteiger partial charge >= 0.3 is 5.97 Å². The number of carbonyl (C=O) groups is 1. The van der Waals surface area contributed by atoms with Gasteiger partial charge in [0, 0.05) is 25.6 Å². The molecular formula is C15H21NO3. The predicted octanol–water partition coefficient (Wildman–Crippen LogP) is 2.38. The zero-order chi connectivity index (χ0) is 13.9. The number of rotatable bonds is 5. The van der Waals surface area contributed by atoms with E-state index in [1.807, 2.05) is 38.1 Å². The first kappa shape index (κ1) is 13.9. The first-order valence-electron chi connectivity index (χ1n) is 6.58. The van der Waals surface area contributed by atoms with Crippen LogP contribution in [-0.2, 0) is 20.7 Å². The smallest absolute Gasteiger partial charge is 0.328 e. The molecule has 0 saturated heterocycles. The summed E-state index contributed by atoms with van der Waals surface area (Å²) in [7, 11) is 1.66. The highest BCUT2D eigenvalue weighted by Crippen LogP contribution is 2.25. The van der Waals surface area contributed by atoms with Gasteiger partial charge in [-0.15, -0.1) is 0 Å². The molecule has 1 aromatic carbocycles. The fraction of sp³-hybridized carbons (Fsp3) is 0.533. The molecule has 0 spiro atoms. The molecule has 1 aromatic rings. The minimum Gasteiger partial charge on any atom is -0.464 e. The van der Waals surface area contributed by atoms with Gasteiger partial charge in [-0.3, -0.25) is 0 Å². The lowest BCUT2D eigenvalue weighted by molar-refractivity contribution is -0.145. The highest BCUT2D eigenvalue weighted by molar-refractivity contribution is 5.82. The molecule has 0 aliphatic carbocycles. The van der Waals surface area contributed by atoms with E-state index in [4.69, 9.17) is 9.47 Å². The van der Waals surface area contributed by atoms with E-state index in [1.165, 1.54) is 5.56 Å². The zero-order valence-corrected chi connectivity index (χ0v) is 11.7. The first-order valence-corrected chi connectivity index (χ1v) is 6.58. The molecule has 0 aromatic heterocycles. The average molecular weight is 263 g/mol. The van der Waals surface area contributed by atoms with Gasteiger partial charge in [0.2, 0.25) is 0 Å². The molecule has 104 valence electrons. The number of benzene rings is 1. The number of methoxy groups -OCH3 is 1. The number of hydrogen-bond acceptors (Lipinski definition) is 4. The Bertz CT molecular complexity index is 431. The third-order valence-electron chi connectivity index (χ3n) is 3.56. The van der Waals surface area contributed by atoms with Gasteiger partial charge in [0.15, 0.2) is 0 Å². The van der Waals surface area contributed by atoms with Gasteiger partial charge < -0.3 is 14.8 Å². The fourth-order valence-electron chi connectivity index (χ4n) is 2.04. The number of ether oxygens (including phenoxy) is 2. The number of esters is 1. The summed E-state index contributed by atoms with van der Waals surface area (Å²) in [5, 5.41) is 3.19. The molecule has 0 amide bonds. The van der Waals surface area contributed by atoms with Crippen LogP contribution in [0, 0.1) is 0 Å². The van der Waals surface area contributed by atoms with Crippen LogP contribution < -0.4 is 5.32 Å². The second-order valence-corrected chi connectivity index (χ2v) is 5.44. The van der Waals surface area contributed by atoms with Gasteiger partial charge in [0.25, 0.3) is 0 Å². The predicted molar refractivity (Wildman–Crippen MR) is 74.2 cm³/mol. The number of anilines is 1. The molecule has 1 atom stereocenters. The van der Waals surface area contributed by atoms with Crippen molar-refractivity contribution in [2.45, 2.75) is 38.3 Å². The SMILES string of the molecule is COC(C)(C)CCOC(=O)[C@@H]1Cc2ccccc2N1. The van der Waals surface area contributed by atoms with E-state index in [2.05, 4.69) is 5.32 Å². The van der Waals surface area contributed by atoms with Crippen LogP contribution in [0.5, 0.6) is 0 Å². The van der Waals surface area contributed by atoms with E-state index < -0.39 is 0 Å². The van der Waals surface area contributed by atoms with Crippen molar-refractivity contribution in [3.63, 3.8) is 0 Å². The quantitative estimate of drug-likeness (QED) is 0.829. The van der Waals surface area contributed by atoms with Gasteiger partial charge in [-0.25, -0.2) is 4.79 Å². The van der Waals surface area contributed by atoms with Gasteiger partial charge in [-0.1, -0.05) is 18.2 Å². The standard InChI is InChI=1S/C15H21NO3/c1-15(2,18-3)8-9-19-14(17)13-10-11-6-4-5-7-12(11)16-13/h4-7,13,16H,8-10H2,1-3H3/t13-/m0/s1. The molecule has 4 nitrogen and oxygen atoms in total. The van der Waals surface area contributed by atoms with Crippen molar-refractivity contribution < 1.29 is 14.3 Å². The van der Waals surface area contributed by atoms with Crippen LogP contribution in [0.25, 0.3) is 0 Å². The van der Waals surface area contributed by atoms with E-state index in [0.29, 0.717) is 19.4 Å². The van der Waals surface area contributed by atoms with Crippen LogP contribution in [0.1, 0.15) is 25.8 Å². The minimum atomic E-state index is -0.261. The fourth-order valence-corrected chi connectivity index (χ4v) is 2.04. The Morgan fingerprint density at radius 1 is 1.42 bits per heavy atom. The average Bonchev–Trinajstić information content (AvgIpc) is 2.82. The maximum atomic E-state index is 12.0. The normalized spacial score (nSPS) is 17.7. The maximum Gasteiger partial charge on any atom is 0.328 e. The summed E-state index contributed by atoms with van der Waals surface area (Å²) < 4.78 is 10.6. The number of fused-ring (bicyclic) bond motifs is 1. The van der Waals surface area contributed by atoms with Crippen molar-refractivity contribution in [1.82, 2.24) is 0 Å². The summed E-state index contributed by atoms with van der Waals surface area (Å²) in [6, 6.07) is 7.69. The molecule has 4 heteroatoms. The molecule has 0 fully saturated rings. The Hall–Kier alpha value is -1.55. The Labute approximate surface area is 114 Å². The molecule has 0 radical (unpaired) electrons. The zero-order valence-electron chi connectivity index (χ0n) is 11.7. The summed E-state index contributed by atoms with van der Waals surface area (Å²) in [5.41, 5.74) is 1.94. The van der Waals surface area contributed by atoms with E-state index in [0.717, 1.165) is 5.69 Å². The molecule has 1 aliphatic rings. The molecule has 19 heavy (non-hydrogen) atoms. The van der Waals surface area contributed by atoms with Crippen molar-refractivity contribution in [1.29, 1.82) is 0 Å². The lowest BCUT2D eigenvalue weighted by Gasteiger charge is -2.22. The van der Waals surface area contributed by atoms with E-state index >= 15 is 0 Å². The molecule has 0 unspecified atom stereocenters. The topological polar surface area (TPSA) is 47.6 Å². The second-order valence-electron chi connectivity index (χ2n) is 5.44. The number of nitrogens with one attached hydrogen (secondary N) is 1. The second kappa shape index (κ2) is 5.61. The van der Waals surface area contributed by atoms with E-state index in [-0.39, 0.29) is 17.6 Å². The van der Waals surface area contributed by atoms with Gasteiger partial charge in [0.1, 0.15) is 6.04 Å². The van der Waals surface area contributed by atoms with Crippen molar-refractivity contribution in [3.8, 4) is 0 Å². The highest BCUT2D eigenvalue weighted by atomic mass is 16.5. The van der Waals surface area contributed by atoms with Crippen molar-refractivity contribution in [2.24, 2.45) is 0 Å². The lowest BCUT2D eigenvalue weighted by Crippen LogP contribution is -2.31. The maximum absolute atomic E-state index is 12.0. The highest BCUT2D eigenvalue weighted by Gasteiger charge is 2.28. The minimum absolute atomic E-state index is 0.192. The summed E-state index contributed by atoms with van der Waals surface area (Å²) in [4.78, 5) is 12.0. The third-order valence-corrected chi connectivity index (χ3v) is 3.56. The van der Waals surface area contributed by atoms with Gasteiger partial charge in [-0.05, 0) is 25.5 Å². The molecule has 2 rings (SSSR count). The molecule has 1 heterocycles. The molecule has 1 aliphatic heterocycles. The van der Waals surface area contributed by atoms with Gasteiger partial charge in [0.05, 0.1) is 12.2 Å². The Kier molecular flexibility index (Phi) is 4.10. The van der Waals surface area contributed by atoms with Crippen molar-refractivity contribution in [3.05, 3.63) is 29.8 Å².